The van der Waals surface area contributed by atoms with Gasteiger partial charge in [-0.3, -0.25) is 9.48 Å². The molecule has 122 valence electrons. The van der Waals surface area contributed by atoms with Crippen LogP contribution in [0.4, 0.5) is 5.82 Å². The molecule has 1 heterocycles. The van der Waals surface area contributed by atoms with Gasteiger partial charge in [0.1, 0.15) is 0 Å². The minimum atomic E-state index is -0.0689. The van der Waals surface area contributed by atoms with Gasteiger partial charge in [-0.05, 0) is 29.8 Å². The molecule has 0 radical (unpaired) electrons. The van der Waals surface area contributed by atoms with Crippen molar-refractivity contribution in [3.63, 3.8) is 0 Å². The molecule has 3 rings (SSSR count). The third kappa shape index (κ3) is 4.88. The lowest BCUT2D eigenvalue weighted by molar-refractivity contribution is -0.113. The van der Waals surface area contributed by atoms with E-state index < -0.39 is 0 Å². The number of anilines is 1. The molecule has 0 saturated heterocycles. The fourth-order valence-corrected chi connectivity index (χ4v) is 2.98. The maximum absolute atomic E-state index is 12.0. The molecule has 0 aliphatic heterocycles. The van der Waals surface area contributed by atoms with E-state index in [1.165, 1.54) is 11.8 Å². The third-order valence-corrected chi connectivity index (χ3v) is 4.54. The number of amides is 1. The fraction of sp³-hybridized carbons (Fsp3) is 0.111. The first kappa shape index (κ1) is 16.6. The topological polar surface area (TPSA) is 46.9 Å². The Morgan fingerprint density at radius 3 is 2.58 bits per heavy atom. The molecule has 1 amide bonds. The fourth-order valence-electron chi connectivity index (χ4n) is 2.14. The van der Waals surface area contributed by atoms with Crippen LogP contribution in [0.2, 0.25) is 5.02 Å². The SMILES string of the molecule is O=C(CSc1ccccc1)Nc1ccn(Cc2ccc(Cl)cc2)n1. The lowest BCUT2D eigenvalue weighted by Gasteiger charge is -2.03. The summed E-state index contributed by atoms with van der Waals surface area (Å²) in [5.41, 5.74) is 1.10. The molecule has 0 atom stereocenters. The molecule has 0 saturated carbocycles. The molecule has 1 N–H and O–H groups in total. The third-order valence-electron chi connectivity index (χ3n) is 3.28. The lowest BCUT2D eigenvalue weighted by Crippen LogP contribution is -2.14. The number of carbonyl (C=O) groups is 1. The molecule has 0 unspecified atom stereocenters. The number of rotatable bonds is 6. The van der Waals surface area contributed by atoms with Gasteiger partial charge in [0, 0.05) is 22.2 Å². The van der Waals surface area contributed by atoms with Crippen molar-refractivity contribution in [2.24, 2.45) is 0 Å². The minimum absolute atomic E-state index is 0.0689. The number of hydrogen-bond donors (Lipinski definition) is 1. The Morgan fingerprint density at radius 1 is 1.08 bits per heavy atom. The van der Waals surface area contributed by atoms with Crippen LogP contribution < -0.4 is 5.32 Å². The van der Waals surface area contributed by atoms with E-state index in [4.69, 9.17) is 11.6 Å². The second-order valence-corrected chi connectivity index (χ2v) is 6.66. The Morgan fingerprint density at radius 2 is 1.83 bits per heavy atom. The van der Waals surface area contributed by atoms with Gasteiger partial charge in [-0.1, -0.05) is 41.9 Å². The molecule has 3 aromatic rings. The highest BCUT2D eigenvalue weighted by Crippen LogP contribution is 2.17. The highest BCUT2D eigenvalue weighted by Gasteiger charge is 2.06. The maximum Gasteiger partial charge on any atom is 0.235 e. The maximum atomic E-state index is 12.0. The normalized spacial score (nSPS) is 10.5. The van der Waals surface area contributed by atoms with E-state index in [-0.39, 0.29) is 5.91 Å². The zero-order valence-corrected chi connectivity index (χ0v) is 14.4. The van der Waals surface area contributed by atoms with E-state index >= 15 is 0 Å². The quantitative estimate of drug-likeness (QED) is 0.668. The van der Waals surface area contributed by atoms with Crippen molar-refractivity contribution in [1.82, 2.24) is 9.78 Å². The molecule has 0 aliphatic rings. The Hall–Kier alpha value is -2.24. The second kappa shape index (κ2) is 8.04. The number of benzene rings is 2. The van der Waals surface area contributed by atoms with Crippen LogP contribution in [-0.4, -0.2) is 21.4 Å². The average molecular weight is 358 g/mol. The molecule has 0 spiro atoms. The summed E-state index contributed by atoms with van der Waals surface area (Å²) in [5.74, 6) is 0.844. The van der Waals surface area contributed by atoms with Gasteiger partial charge in [0.15, 0.2) is 5.82 Å². The smallest absolute Gasteiger partial charge is 0.235 e. The number of thioether (sulfide) groups is 1. The molecule has 4 nitrogen and oxygen atoms in total. The summed E-state index contributed by atoms with van der Waals surface area (Å²) in [6.45, 7) is 0.631. The largest absolute Gasteiger partial charge is 0.308 e. The summed E-state index contributed by atoms with van der Waals surface area (Å²) in [6.07, 6.45) is 1.84. The predicted molar refractivity (Wildman–Crippen MR) is 98.6 cm³/mol. The van der Waals surface area contributed by atoms with Crippen LogP contribution in [-0.2, 0) is 11.3 Å². The van der Waals surface area contributed by atoms with Gasteiger partial charge in [0.25, 0.3) is 0 Å². The molecule has 24 heavy (non-hydrogen) atoms. The van der Waals surface area contributed by atoms with Crippen molar-refractivity contribution >= 4 is 35.1 Å². The van der Waals surface area contributed by atoms with Crippen LogP contribution in [0, 0.1) is 0 Å². The highest BCUT2D eigenvalue weighted by molar-refractivity contribution is 8.00. The van der Waals surface area contributed by atoms with Gasteiger partial charge in [0.05, 0.1) is 12.3 Å². The van der Waals surface area contributed by atoms with Crippen LogP contribution in [0.15, 0.2) is 71.8 Å². The van der Waals surface area contributed by atoms with Gasteiger partial charge in [0.2, 0.25) is 5.91 Å². The summed E-state index contributed by atoms with van der Waals surface area (Å²) < 4.78 is 1.78. The van der Waals surface area contributed by atoms with Gasteiger partial charge >= 0.3 is 0 Å². The van der Waals surface area contributed by atoms with Gasteiger partial charge < -0.3 is 5.32 Å². The van der Waals surface area contributed by atoms with Gasteiger partial charge in [-0.2, -0.15) is 5.10 Å². The van der Waals surface area contributed by atoms with Crippen LogP contribution in [0.25, 0.3) is 0 Å². The van der Waals surface area contributed by atoms with Gasteiger partial charge in [-0.15, -0.1) is 11.8 Å². The highest BCUT2D eigenvalue weighted by atomic mass is 35.5. The molecule has 1 aromatic heterocycles. The predicted octanol–water partition coefficient (Wildman–Crippen LogP) is 4.32. The number of hydrogen-bond acceptors (Lipinski definition) is 3. The van der Waals surface area contributed by atoms with Crippen molar-refractivity contribution in [3.8, 4) is 0 Å². The van der Waals surface area contributed by atoms with Crippen molar-refractivity contribution in [2.45, 2.75) is 11.4 Å². The van der Waals surface area contributed by atoms with E-state index in [0.29, 0.717) is 23.1 Å². The Kier molecular flexibility index (Phi) is 5.56. The standard InChI is InChI=1S/C18H16ClN3OS/c19-15-8-6-14(7-9-15)12-22-11-10-17(21-22)20-18(23)13-24-16-4-2-1-3-5-16/h1-11H,12-13H2,(H,20,21,23). The van der Waals surface area contributed by atoms with Crippen molar-refractivity contribution in [1.29, 1.82) is 0 Å². The summed E-state index contributed by atoms with van der Waals surface area (Å²) >= 11 is 7.38. The Balaban J connectivity index is 1.51. The lowest BCUT2D eigenvalue weighted by atomic mass is 10.2. The summed E-state index contributed by atoms with van der Waals surface area (Å²) in [7, 11) is 0. The number of aromatic nitrogens is 2. The first-order chi connectivity index (χ1) is 11.7. The number of nitrogens with zero attached hydrogens (tertiary/aromatic N) is 2. The van der Waals surface area contributed by atoms with E-state index in [0.717, 1.165) is 10.5 Å². The van der Waals surface area contributed by atoms with Crippen molar-refractivity contribution in [3.05, 3.63) is 77.4 Å². The number of nitrogens with one attached hydrogen (secondary N) is 1. The minimum Gasteiger partial charge on any atom is -0.308 e. The molecule has 6 heteroatoms. The van der Waals surface area contributed by atoms with Crippen LogP contribution in [0.5, 0.6) is 0 Å². The van der Waals surface area contributed by atoms with Gasteiger partial charge in [-0.25, -0.2) is 0 Å². The summed E-state index contributed by atoms with van der Waals surface area (Å²) in [6, 6.07) is 19.2. The molecular formula is C18H16ClN3OS. The van der Waals surface area contributed by atoms with Crippen LogP contribution >= 0.6 is 23.4 Å². The summed E-state index contributed by atoms with van der Waals surface area (Å²) in [5, 5.41) is 7.89. The molecular weight excluding hydrogens is 342 g/mol. The van der Waals surface area contributed by atoms with E-state index in [1.807, 2.05) is 60.8 Å². The zero-order chi connectivity index (χ0) is 16.8. The Labute approximate surface area is 149 Å². The first-order valence-electron chi connectivity index (χ1n) is 7.45. The van der Waals surface area contributed by atoms with Crippen LogP contribution in [0.1, 0.15) is 5.56 Å². The molecule has 0 aliphatic carbocycles. The van der Waals surface area contributed by atoms with Crippen LogP contribution in [0.3, 0.4) is 0 Å². The molecule has 0 fully saturated rings. The van der Waals surface area contributed by atoms with E-state index in [1.54, 1.807) is 10.7 Å². The zero-order valence-electron chi connectivity index (χ0n) is 12.9. The monoisotopic (exact) mass is 357 g/mol. The number of halogens is 1. The van der Waals surface area contributed by atoms with Crippen molar-refractivity contribution in [2.75, 3.05) is 11.1 Å². The van der Waals surface area contributed by atoms with Crippen molar-refractivity contribution < 1.29 is 4.79 Å². The average Bonchev–Trinajstić information content (AvgIpc) is 3.03. The van der Waals surface area contributed by atoms with E-state index in [9.17, 15) is 4.79 Å². The molecule has 0 bridgehead atoms. The molecule has 2 aromatic carbocycles. The summed E-state index contributed by atoms with van der Waals surface area (Å²) in [4.78, 5) is 13.1. The Bertz CT molecular complexity index is 803. The first-order valence-corrected chi connectivity index (χ1v) is 8.81. The second-order valence-electron chi connectivity index (χ2n) is 5.17. The number of carbonyl (C=O) groups excluding carboxylic acids is 1. The van der Waals surface area contributed by atoms with E-state index in [2.05, 4.69) is 10.4 Å².